The largest absolute Gasteiger partial charge is 0.497 e. The maximum absolute atomic E-state index is 12.7. The number of ether oxygens (including phenoxy) is 3. The summed E-state index contributed by atoms with van der Waals surface area (Å²) >= 11 is 1.44. The first-order valence-electron chi connectivity index (χ1n) is 8.10. The molecule has 1 heterocycles. The van der Waals surface area contributed by atoms with Crippen molar-refractivity contribution in [2.75, 3.05) is 20.8 Å². The summed E-state index contributed by atoms with van der Waals surface area (Å²) in [6.45, 7) is 2.51. The van der Waals surface area contributed by atoms with Gasteiger partial charge in [0.2, 0.25) is 0 Å². The number of nitrogens with zero attached hydrogens (tertiary/aromatic N) is 2. The molecular formula is C19H20N2O4S. The van der Waals surface area contributed by atoms with Crippen molar-refractivity contribution in [3.8, 4) is 17.2 Å². The van der Waals surface area contributed by atoms with E-state index < -0.39 is 0 Å². The standard InChI is InChI=1S/C19H20N2O4S/c1-5-25-15-7-6-8-16-17(15)21(2)19(26-16)20-18(22)12-9-13(23-3)11-14(10-12)24-4/h6-11H,5H2,1-4H3. The lowest BCUT2D eigenvalue weighted by molar-refractivity contribution is 0.0997. The van der Waals surface area contributed by atoms with Crippen LogP contribution in [0.25, 0.3) is 10.2 Å². The van der Waals surface area contributed by atoms with Crippen molar-refractivity contribution >= 4 is 27.5 Å². The molecule has 0 aliphatic carbocycles. The Morgan fingerprint density at radius 1 is 1.15 bits per heavy atom. The number of hydrogen-bond acceptors (Lipinski definition) is 5. The topological polar surface area (TPSA) is 62.1 Å². The van der Waals surface area contributed by atoms with Crippen LogP contribution in [-0.4, -0.2) is 31.3 Å². The predicted octanol–water partition coefficient (Wildman–Crippen LogP) is 3.40. The molecule has 7 heteroatoms. The molecule has 1 amide bonds. The summed E-state index contributed by atoms with van der Waals surface area (Å²) < 4.78 is 19.0. The Labute approximate surface area is 155 Å². The smallest absolute Gasteiger partial charge is 0.279 e. The van der Waals surface area contributed by atoms with Gasteiger partial charge < -0.3 is 18.8 Å². The summed E-state index contributed by atoms with van der Waals surface area (Å²) in [5.41, 5.74) is 1.33. The van der Waals surface area contributed by atoms with Crippen LogP contribution in [0.1, 0.15) is 17.3 Å². The Morgan fingerprint density at radius 3 is 2.46 bits per heavy atom. The molecule has 0 atom stereocenters. The van der Waals surface area contributed by atoms with Gasteiger partial charge in [0.1, 0.15) is 22.8 Å². The van der Waals surface area contributed by atoms with Gasteiger partial charge in [-0.05, 0) is 31.2 Å². The van der Waals surface area contributed by atoms with Gasteiger partial charge in [0.15, 0.2) is 4.80 Å². The average molecular weight is 372 g/mol. The van der Waals surface area contributed by atoms with E-state index in [1.807, 2.05) is 36.7 Å². The molecule has 0 aliphatic heterocycles. The van der Waals surface area contributed by atoms with Gasteiger partial charge in [-0.25, -0.2) is 0 Å². The number of benzene rings is 2. The maximum Gasteiger partial charge on any atom is 0.279 e. The Bertz CT molecular complexity index is 998. The summed E-state index contributed by atoms with van der Waals surface area (Å²) in [4.78, 5) is 17.6. The molecule has 6 nitrogen and oxygen atoms in total. The minimum absolute atomic E-state index is 0.359. The van der Waals surface area contributed by atoms with E-state index in [-0.39, 0.29) is 5.91 Å². The number of aryl methyl sites for hydroxylation is 1. The fourth-order valence-corrected chi connectivity index (χ4v) is 3.66. The molecule has 2 aromatic carbocycles. The first kappa shape index (κ1) is 18.0. The molecule has 0 bridgehead atoms. The minimum atomic E-state index is -0.359. The third-order valence-electron chi connectivity index (χ3n) is 3.88. The Morgan fingerprint density at radius 2 is 1.85 bits per heavy atom. The van der Waals surface area contributed by atoms with Crippen LogP contribution in [0.4, 0.5) is 0 Å². The number of carbonyl (C=O) groups is 1. The first-order chi connectivity index (χ1) is 12.6. The lowest BCUT2D eigenvalue weighted by Crippen LogP contribution is -2.14. The van der Waals surface area contributed by atoms with Gasteiger partial charge in [-0.3, -0.25) is 4.79 Å². The van der Waals surface area contributed by atoms with Crippen molar-refractivity contribution in [1.82, 2.24) is 4.57 Å². The monoisotopic (exact) mass is 372 g/mol. The molecule has 136 valence electrons. The van der Waals surface area contributed by atoms with E-state index in [9.17, 15) is 4.79 Å². The SMILES string of the molecule is CCOc1cccc2sc(=NC(=O)c3cc(OC)cc(OC)c3)n(C)c12. The van der Waals surface area contributed by atoms with Crippen LogP contribution in [0.3, 0.4) is 0 Å². The minimum Gasteiger partial charge on any atom is -0.497 e. The molecule has 26 heavy (non-hydrogen) atoms. The highest BCUT2D eigenvalue weighted by Gasteiger charge is 2.12. The zero-order valence-electron chi connectivity index (χ0n) is 15.1. The van der Waals surface area contributed by atoms with E-state index in [1.165, 1.54) is 11.3 Å². The number of aromatic nitrogens is 1. The van der Waals surface area contributed by atoms with Gasteiger partial charge in [-0.1, -0.05) is 17.4 Å². The number of amides is 1. The van der Waals surface area contributed by atoms with E-state index in [0.717, 1.165) is 16.0 Å². The summed E-state index contributed by atoms with van der Waals surface area (Å²) in [6, 6.07) is 10.8. The molecule has 3 aromatic rings. The quantitative estimate of drug-likeness (QED) is 0.689. The Kier molecular flexibility index (Phi) is 5.27. The lowest BCUT2D eigenvalue weighted by Gasteiger charge is -2.06. The van der Waals surface area contributed by atoms with Crippen molar-refractivity contribution in [1.29, 1.82) is 0 Å². The molecular weight excluding hydrogens is 352 g/mol. The van der Waals surface area contributed by atoms with Crippen molar-refractivity contribution in [2.45, 2.75) is 6.92 Å². The summed E-state index contributed by atoms with van der Waals surface area (Å²) in [5, 5.41) is 0. The van der Waals surface area contributed by atoms with Gasteiger partial charge in [0.25, 0.3) is 5.91 Å². The zero-order valence-corrected chi connectivity index (χ0v) is 15.9. The summed E-state index contributed by atoms with van der Waals surface area (Å²) in [7, 11) is 4.96. The lowest BCUT2D eigenvalue weighted by atomic mass is 10.2. The second-order valence-corrected chi connectivity index (χ2v) is 6.51. The third kappa shape index (κ3) is 3.43. The second-order valence-electron chi connectivity index (χ2n) is 5.50. The number of carbonyl (C=O) groups excluding carboxylic acids is 1. The Balaban J connectivity index is 2.09. The maximum atomic E-state index is 12.7. The number of methoxy groups -OCH3 is 2. The van der Waals surface area contributed by atoms with Gasteiger partial charge in [-0.2, -0.15) is 4.99 Å². The van der Waals surface area contributed by atoms with Gasteiger partial charge >= 0.3 is 0 Å². The van der Waals surface area contributed by atoms with Crippen LogP contribution in [-0.2, 0) is 7.05 Å². The number of para-hydroxylation sites is 1. The highest BCUT2D eigenvalue weighted by atomic mass is 32.1. The zero-order chi connectivity index (χ0) is 18.7. The van der Waals surface area contributed by atoms with Crippen molar-refractivity contribution < 1.29 is 19.0 Å². The van der Waals surface area contributed by atoms with Crippen LogP contribution in [0.15, 0.2) is 41.4 Å². The number of rotatable bonds is 5. The van der Waals surface area contributed by atoms with Crippen LogP contribution in [0, 0.1) is 0 Å². The highest BCUT2D eigenvalue weighted by molar-refractivity contribution is 7.16. The second kappa shape index (κ2) is 7.61. The van der Waals surface area contributed by atoms with Gasteiger partial charge in [0.05, 0.1) is 25.5 Å². The number of thiazole rings is 1. The predicted molar refractivity (Wildman–Crippen MR) is 101 cm³/mol. The van der Waals surface area contributed by atoms with Crippen molar-refractivity contribution in [2.24, 2.45) is 12.0 Å². The molecule has 0 aliphatic rings. The van der Waals surface area contributed by atoms with Crippen molar-refractivity contribution in [3.05, 3.63) is 46.8 Å². The normalized spacial score (nSPS) is 11.6. The van der Waals surface area contributed by atoms with Crippen molar-refractivity contribution in [3.63, 3.8) is 0 Å². The average Bonchev–Trinajstić information content (AvgIpc) is 2.98. The van der Waals surface area contributed by atoms with E-state index in [0.29, 0.717) is 28.5 Å². The first-order valence-corrected chi connectivity index (χ1v) is 8.92. The number of fused-ring (bicyclic) bond motifs is 1. The fourth-order valence-electron chi connectivity index (χ4n) is 2.63. The molecule has 0 unspecified atom stereocenters. The molecule has 1 aromatic heterocycles. The molecule has 0 saturated carbocycles. The molecule has 3 rings (SSSR count). The molecule has 0 saturated heterocycles. The highest BCUT2D eigenvalue weighted by Crippen LogP contribution is 2.27. The summed E-state index contributed by atoms with van der Waals surface area (Å²) in [6.07, 6.45) is 0. The molecule has 0 spiro atoms. The van der Waals surface area contributed by atoms with E-state index in [2.05, 4.69) is 4.99 Å². The van der Waals surface area contributed by atoms with Crippen LogP contribution in [0.5, 0.6) is 17.2 Å². The van der Waals surface area contributed by atoms with E-state index in [4.69, 9.17) is 14.2 Å². The van der Waals surface area contributed by atoms with Gasteiger partial charge in [-0.15, -0.1) is 0 Å². The molecule has 0 fully saturated rings. The van der Waals surface area contributed by atoms with Crippen LogP contribution >= 0.6 is 11.3 Å². The van der Waals surface area contributed by atoms with E-state index >= 15 is 0 Å². The van der Waals surface area contributed by atoms with Gasteiger partial charge in [0, 0.05) is 18.7 Å². The third-order valence-corrected chi connectivity index (χ3v) is 4.98. The molecule has 0 radical (unpaired) electrons. The summed E-state index contributed by atoms with van der Waals surface area (Å²) in [5.74, 6) is 1.51. The number of hydrogen-bond donors (Lipinski definition) is 0. The molecule has 0 N–H and O–H groups in total. The van der Waals surface area contributed by atoms with E-state index in [1.54, 1.807) is 32.4 Å². The fraction of sp³-hybridized carbons (Fsp3) is 0.263. The van der Waals surface area contributed by atoms with Crippen LogP contribution in [0.2, 0.25) is 0 Å². The Hall–Kier alpha value is -2.80. The van der Waals surface area contributed by atoms with Crippen LogP contribution < -0.4 is 19.0 Å².